The summed E-state index contributed by atoms with van der Waals surface area (Å²) < 4.78 is 31.8. The number of fused-ring (bicyclic) bond motifs is 2. The molecule has 1 aliphatic heterocycles. The molecule has 3 aromatic heterocycles. The highest BCUT2D eigenvalue weighted by Gasteiger charge is 2.25. The van der Waals surface area contributed by atoms with Gasteiger partial charge in [-0.2, -0.15) is 0 Å². The van der Waals surface area contributed by atoms with E-state index in [2.05, 4.69) is 28.9 Å². The van der Waals surface area contributed by atoms with E-state index in [1.54, 1.807) is 6.20 Å². The van der Waals surface area contributed by atoms with Gasteiger partial charge >= 0.3 is 0 Å². The zero-order valence-electron chi connectivity index (χ0n) is 17.2. The summed E-state index contributed by atoms with van der Waals surface area (Å²) in [7, 11) is -3.45. The first-order valence-electron chi connectivity index (χ1n) is 9.98. The van der Waals surface area contributed by atoms with Crippen molar-refractivity contribution in [3.05, 3.63) is 48.3 Å². The number of ether oxygens (including phenoxy) is 1. The van der Waals surface area contributed by atoms with Gasteiger partial charge in [-0.05, 0) is 49.7 Å². The van der Waals surface area contributed by atoms with Crippen molar-refractivity contribution in [2.75, 3.05) is 30.9 Å². The van der Waals surface area contributed by atoms with E-state index in [0.717, 1.165) is 38.9 Å². The maximum absolute atomic E-state index is 12.4. The van der Waals surface area contributed by atoms with Crippen LogP contribution in [-0.4, -0.2) is 54.4 Å². The van der Waals surface area contributed by atoms with Gasteiger partial charge in [-0.25, -0.2) is 17.4 Å². The van der Waals surface area contributed by atoms with Crippen molar-refractivity contribution >= 4 is 37.6 Å². The van der Waals surface area contributed by atoms with Crippen LogP contribution in [0.2, 0.25) is 0 Å². The third kappa shape index (κ3) is 3.07. The van der Waals surface area contributed by atoms with Crippen molar-refractivity contribution < 1.29 is 13.2 Å². The first-order valence-corrected chi connectivity index (χ1v) is 11.8. The van der Waals surface area contributed by atoms with Gasteiger partial charge in [-0.3, -0.25) is 0 Å². The van der Waals surface area contributed by atoms with Crippen LogP contribution in [0.3, 0.4) is 0 Å². The lowest BCUT2D eigenvalue weighted by Crippen LogP contribution is -2.44. The Kier molecular flexibility index (Phi) is 4.37. The molecule has 30 heavy (non-hydrogen) atoms. The number of nitrogens with one attached hydrogen (secondary N) is 1. The van der Waals surface area contributed by atoms with Gasteiger partial charge in [0.2, 0.25) is 10.0 Å². The van der Waals surface area contributed by atoms with Crippen LogP contribution in [-0.2, 0) is 14.8 Å². The van der Waals surface area contributed by atoms with Crippen LogP contribution in [0, 0.1) is 6.92 Å². The Morgan fingerprint density at radius 2 is 2.03 bits per heavy atom. The van der Waals surface area contributed by atoms with Crippen molar-refractivity contribution in [1.82, 2.24) is 13.9 Å². The number of morpholine rings is 1. The maximum atomic E-state index is 12.4. The molecule has 1 atom stereocenters. The lowest BCUT2D eigenvalue weighted by Gasteiger charge is -2.35. The molecule has 156 valence electrons. The smallest absolute Gasteiger partial charge is 0.236 e. The van der Waals surface area contributed by atoms with Gasteiger partial charge in [-0.1, -0.05) is 0 Å². The van der Waals surface area contributed by atoms with E-state index in [0.29, 0.717) is 25.3 Å². The molecule has 0 unspecified atom stereocenters. The Bertz CT molecular complexity index is 1370. The summed E-state index contributed by atoms with van der Waals surface area (Å²) in [5.41, 5.74) is 4.53. The Labute approximate surface area is 175 Å². The Morgan fingerprint density at radius 3 is 2.80 bits per heavy atom. The minimum absolute atomic E-state index is 0.149. The third-order valence-electron chi connectivity index (χ3n) is 5.72. The fraction of sp³-hybridized carbons (Fsp3) is 0.318. The second kappa shape index (κ2) is 6.85. The Hall–Kier alpha value is -2.84. The normalized spacial score (nSPS) is 17.8. The largest absolute Gasteiger partial charge is 0.377 e. The zero-order valence-corrected chi connectivity index (χ0v) is 18.0. The molecule has 1 fully saturated rings. The second-order valence-electron chi connectivity index (χ2n) is 8.01. The van der Waals surface area contributed by atoms with Gasteiger partial charge in [-0.15, -0.1) is 0 Å². The first-order chi connectivity index (χ1) is 14.3. The number of aromatic nitrogens is 3. The first kappa shape index (κ1) is 19.1. The van der Waals surface area contributed by atoms with Gasteiger partial charge < -0.3 is 14.6 Å². The highest BCUT2D eigenvalue weighted by atomic mass is 32.2. The number of rotatable bonds is 3. The van der Waals surface area contributed by atoms with Crippen LogP contribution in [0.4, 0.5) is 5.82 Å². The molecule has 5 rings (SSSR count). The second-order valence-corrected chi connectivity index (χ2v) is 9.87. The van der Waals surface area contributed by atoms with E-state index >= 15 is 0 Å². The van der Waals surface area contributed by atoms with E-state index < -0.39 is 10.0 Å². The molecule has 0 amide bonds. The van der Waals surface area contributed by atoms with Crippen LogP contribution in [0.25, 0.3) is 33.1 Å². The van der Waals surface area contributed by atoms with Crippen molar-refractivity contribution in [2.24, 2.45) is 0 Å². The molecule has 0 radical (unpaired) electrons. The molecule has 1 aliphatic rings. The predicted molar refractivity (Wildman–Crippen MR) is 120 cm³/mol. The molecule has 1 saturated heterocycles. The number of anilines is 1. The van der Waals surface area contributed by atoms with E-state index in [4.69, 9.17) is 9.72 Å². The van der Waals surface area contributed by atoms with Crippen molar-refractivity contribution in [1.29, 1.82) is 0 Å². The maximum Gasteiger partial charge on any atom is 0.236 e. The Morgan fingerprint density at radius 1 is 1.20 bits per heavy atom. The highest BCUT2D eigenvalue weighted by Crippen LogP contribution is 2.36. The van der Waals surface area contributed by atoms with E-state index in [1.165, 1.54) is 10.2 Å². The van der Waals surface area contributed by atoms with Crippen molar-refractivity contribution in [2.45, 2.75) is 19.9 Å². The number of nitrogens with zero attached hydrogens (tertiary/aromatic N) is 3. The molecule has 7 nitrogen and oxygen atoms in total. The number of pyridine rings is 1. The van der Waals surface area contributed by atoms with Crippen LogP contribution in [0.5, 0.6) is 0 Å². The fourth-order valence-electron chi connectivity index (χ4n) is 4.30. The quantitative estimate of drug-likeness (QED) is 0.544. The predicted octanol–water partition coefficient (Wildman–Crippen LogP) is 3.53. The SMILES string of the molecule is Cc1cc(-c2cc3c(ccn3S(C)(=O)=O)c(N3CCOC[C@H]3C)n2)c2cc[nH]c2c1. The summed E-state index contributed by atoms with van der Waals surface area (Å²) in [6.45, 7) is 6.10. The number of aryl methyl sites for hydroxylation is 1. The monoisotopic (exact) mass is 424 g/mol. The number of hydrogen-bond acceptors (Lipinski definition) is 5. The third-order valence-corrected chi connectivity index (χ3v) is 6.75. The molecule has 8 heteroatoms. The van der Waals surface area contributed by atoms with E-state index in [1.807, 2.05) is 31.3 Å². The summed E-state index contributed by atoms with van der Waals surface area (Å²) in [6, 6.07) is 10.1. The molecular weight excluding hydrogens is 400 g/mol. The number of hydrogen-bond donors (Lipinski definition) is 1. The molecule has 1 aromatic carbocycles. The number of H-pyrrole nitrogens is 1. The topological polar surface area (TPSA) is 80.2 Å². The molecule has 0 aliphatic carbocycles. The minimum atomic E-state index is -3.45. The van der Waals surface area contributed by atoms with Gasteiger partial charge in [0.15, 0.2) is 0 Å². The average molecular weight is 425 g/mol. The van der Waals surface area contributed by atoms with Crippen LogP contribution in [0.15, 0.2) is 42.7 Å². The molecule has 4 aromatic rings. The highest BCUT2D eigenvalue weighted by molar-refractivity contribution is 7.89. The van der Waals surface area contributed by atoms with Crippen molar-refractivity contribution in [3.63, 3.8) is 0 Å². The van der Waals surface area contributed by atoms with E-state index in [-0.39, 0.29) is 6.04 Å². The summed E-state index contributed by atoms with van der Waals surface area (Å²) in [5.74, 6) is 0.797. The van der Waals surface area contributed by atoms with Gasteiger partial charge in [0.1, 0.15) is 5.82 Å². The lowest BCUT2D eigenvalue weighted by molar-refractivity contribution is 0.0987. The summed E-state index contributed by atoms with van der Waals surface area (Å²) in [4.78, 5) is 10.5. The van der Waals surface area contributed by atoms with Gasteiger partial charge in [0.25, 0.3) is 0 Å². The van der Waals surface area contributed by atoms with E-state index in [9.17, 15) is 8.42 Å². The van der Waals surface area contributed by atoms with Crippen molar-refractivity contribution in [3.8, 4) is 11.3 Å². The minimum Gasteiger partial charge on any atom is -0.377 e. The zero-order chi connectivity index (χ0) is 21.0. The average Bonchev–Trinajstić information content (AvgIpc) is 3.33. The molecule has 4 heterocycles. The Balaban J connectivity index is 1.83. The summed E-state index contributed by atoms with van der Waals surface area (Å²) in [5, 5.41) is 1.89. The van der Waals surface area contributed by atoms with Crippen LogP contribution < -0.4 is 4.90 Å². The van der Waals surface area contributed by atoms with Crippen LogP contribution >= 0.6 is 0 Å². The van der Waals surface area contributed by atoms with Crippen LogP contribution in [0.1, 0.15) is 12.5 Å². The standard InChI is InChI=1S/C22H24N4O3S/c1-14-10-18(16-4-6-23-19(16)11-14)20-12-21-17(5-7-26(21)30(3,27)28)22(24-20)25-8-9-29-13-15(25)2/h4-7,10-12,15,23H,8-9,13H2,1-3H3/t15-/m1/s1. The number of benzene rings is 1. The summed E-state index contributed by atoms with van der Waals surface area (Å²) in [6.07, 6.45) is 4.75. The van der Waals surface area contributed by atoms with Gasteiger partial charge in [0, 0.05) is 40.8 Å². The molecule has 0 bridgehead atoms. The molecule has 0 spiro atoms. The fourth-order valence-corrected chi connectivity index (χ4v) is 5.09. The molecule has 0 saturated carbocycles. The van der Waals surface area contributed by atoms with Gasteiger partial charge in [0.05, 0.1) is 36.7 Å². The molecule has 1 N–H and O–H groups in total. The lowest BCUT2D eigenvalue weighted by atomic mass is 10.0. The number of aromatic amines is 1. The molecular formula is C22H24N4O3S. The summed E-state index contributed by atoms with van der Waals surface area (Å²) >= 11 is 0.